The molecule has 1 amide bonds. The highest BCUT2D eigenvalue weighted by Crippen LogP contribution is 2.18. The number of nitrogens with one attached hydrogen (secondary N) is 2. The Kier molecular flexibility index (Phi) is 8.48. The van der Waals surface area contributed by atoms with Crippen molar-refractivity contribution in [1.82, 2.24) is 10.6 Å². The summed E-state index contributed by atoms with van der Waals surface area (Å²) in [6.07, 6.45) is 1.21. The fourth-order valence-electron chi connectivity index (χ4n) is 2.82. The molecule has 4 heteroatoms. The maximum absolute atomic E-state index is 12.4. The van der Waals surface area contributed by atoms with E-state index in [4.69, 9.17) is 0 Å². The molecule has 0 aliphatic carbocycles. The van der Waals surface area contributed by atoms with Crippen molar-refractivity contribution in [3.63, 3.8) is 0 Å². The molecule has 0 aliphatic heterocycles. The van der Waals surface area contributed by atoms with Gasteiger partial charge in [0.05, 0.1) is 6.04 Å². The average molecular weight is 361 g/mol. The van der Waals surface area contributed by atoms with Crippen LogP contribution in [0.15, 0.2) is 24.3 Å². The van der Waals surface area contributed by atoms with Crippen molar-refractivity contribution in [3.8, 4) is 0 Å². The quantitative estimate of drug-likeness (QED) is 0.703. The Labute approximate surface area is 159 Å². The molecule has 0 bridgehead atoms. The summed E-state index contributed by atoms with van der Waals surface area (Å²) in [6, 6.07) is 8.26. The van der Waals surface area contributed by atoms with Crippen LogP contribution in [0.5, 0.6) is 0 Å². The molecule has 146 valence electrons. The number of carbonyl (C=O) groups excluding carboxylic acids is 2. The highest BCUT2D eigenvalue weighted by Gasteiger charge is 2.22. The van der Waals surface area contributed by atoms with Crippen LogP contribution in [0.2, 0.25) is 0 Å². The van der Waals surface area contributed by atoms with Crippen molar-refractivity contribution in [2.45, 2.75) is 79.9 Å². The summed E-state index contributed by atoms with van der Waals surface area (Å²) in [7, 11) is 0. The number of amides is 1. The lowest BCUT2D eigenvalue weighted by Crippen LogP contribution is -2.44. The normalized spacial score (nSPS) is 13.1. The molecule has 0 heterocycles. The van der Waals surface area contributed by atoms with Gasteiger partial charge in [0.15, 0.2) is 5.78 Å². The van der Waals surface area contributed by atoms with E-state index in [-0.39, 0.29) is 35.1 Å². The van der Waals surface area contributed by atoms with E-state index >= 15 is 0 Å². The van der Waals surface area contributed by atoms with Crippen LogP contribution in [0.4, 0.5) is 0 Å². The minimum Gasteiger partial charge on any atom is -0.352 e. The molecule has 0 aromatic heterocycles. The summed E-state index contributed by atoms with van der Waals surface area (Å²) in [5.41, 5.74) is 2.19. The molecule has 26 heavy (non-hydrogen) atoms. The van der Waals surface area contributed by atoms with Gasteiger partial charge < -0.3 is 10.6 Å². The van der Waals surface area contributed by atoms with Crippen molar-refractivity contribution < 1.29 is 9.59 Å². The third-order valence-electron chi connectivity index (χ3n) is 4.09. The van der Waals surface area contributed by atoms with Crippen LogP contribution in [0.25, 0.3) is 0 Å². The van der Waals surface area contributed by atoms with Crippen LogP contribution in [0.3, 0.4) is 0 Å². The Bertz CT molecular complexity index is 583. The van der Waals surface area contributed by atoms with E-state index in [1.165, 1.54) is 0 Å². The van der Waals surface area contributed by atoms with Gasteiger partial charge in [0.1, 0.15) is 0 Å². The zero-order valence-electron chi connectivity index (χ0n) is 17.5. The lowest BCUT2D eigenvalue weighted by Gasteiger charge is -2.22. The Balaban J connectivity index is 2.65. The molecule has 4 nitrogen and oxygen atoms in total. The monoisotopic (exact) mass is 360 g/mol. The molecule has 0 fully saturated rings. The predicted octanol–water partition coefficient (Wildman–Crippen LogP) is 3.87. The highest BCUT2D eigenvalue weighted by atomic mass is 16.1. The fourth-order valence-corrected chi connectivity index (χ4v) is 2.82. The van der Waals surface area contributed by atoms with Gasteiger partial charge in [0, 0.05) is 24.9 Å². The summed E-state index contributed by atoms with van der Waals surface area (Å²) >= 11 is 0. The van der Waals surface area contributed by atoms with Gasteiger partial charge in [-0.15, -0.1) is 0 Å². The van der Waals surface area contributed by atoms with Crippen molar-refractivity contribution in [2.24, 2.45) is 11.3 Å². The van der Waals surface area contributed by atoms with E-state index in [9.17, 15) is 9.59 Å². The first kappa shape index (κ1) is 22.4. The minimum atomic E-state index is -0.160. The number of ketones is 1. The minimum absolute atomic E-state index is 0.00464. The molecule has 1 atom stereocenters. The van der Waals surface area contributed by atoms with Gasteiger partial charge in [-0.2, -0.15) is 0 Å². The first-order valence-corrected chi connectivity index (χ1v) is 9.62. The molecular weight excluding hydrogens is 324 g/mol. The van der Waals surface area contributed by atoms with E-state index < -0.39 is 0 Å². The molecule has 0 radical (unpaired) electrons. The van der Waals surface area contributed by atoms with E-state index in [2.05, 4.69) is 45.3 Å². The zero-order valence-corrected chi connectivity index (χ0v) is 17.5. The average Bonchev–Trinajstić information content (AvgIpc) is 2.50. The lowest BCUT2D eigenvalue weighted by molar-refractivity contribution is -0.124. The number of rotatable bonds is 9. The van der Waals surface area contributed by atoms with Gasteiger partial charge in [0.25, 0.3) is 0 Å². The number of benzene rings is 1. The van der Waals surface area contributed by atoms with Gasteiger partial charge in [-0.1, -0.05) is 72.7 Å². The molecule has 2 N–H and O–H groups in total. The molecule has 0 saturated heterocycles. The topological polar surface area (TPSA) is 58.2 Å². The van der Waals surface area contributed by atoms with Crippen LogP contribution in [-0.4, -0.2) is 23.8 Å². The second-order valence-electron chi connectivity index (χ2n) is 8.97. The molecule has 1 rings (SSSR count). The predicted molar refractivity (Wildman–Crippen MR) is 108 cm³/mol. The maximum atomic E-state index is 12.4. The Morgan fingerprint density at radius 2 is 1.50 bits per heavy atom. The lowest BCUT2D eigenvalue weighted by atomic mass is 9.92. The maximum Gasteiger partial charge on any atom is 0.220 e. The summed E-state index contributed by atoms with van der Waals surface area (Å²) in [5.74, 6) is 0.339. The second-order valence-corrected chi connectivity index (χ2v) is 8.97. The Morgan fingerprint density at radius 1 is 0.962 bits per heavy atom. The van der Waals surface area contributed by atoms with E-state index in [1.54, 1.807) is 0 Å². The second kappa shape index (κ2) is 9.86. The summed E-state index contributed by atoms with van der Waals surface area (Å²) < 4.78 is 0. The van der Waals surface area contributed by atoms with Crippen molar-refractivity contribution >= 4 is 11.7 Å². The zero-order chi connectivity index (χ0) is 19.9. The molecule has 1 aromatic carbocycles. The van der Waals surface area contributed by atoms with Gasteiger partial charge in [-0.05, 0) is 23.0 Å². The molecule has 1 aromatic rings. The van der Waals surface area contributed by atoms with Crippen LogP contribution < -0.4 is 10.6 Å². The number of hydrogen-bond donors (Lipinski definition) is 2. The van der Waals surface area contributed by atoms with Gasteiger partial charge in [-0.25, -0.2) is 0 Å². The van der Waals surface area contributed by atoms with E-state index in [0.29, 0.717) is 19.4 Å². The molecule has 0 unspecified atom stereocenters. The number of Topliss-reactive ketones (excluding diaryl/α,β-unsaturated/α-hetero) is 1. The fraction of sp³-hybridized carbons (Fsp3) is 0.636. The largest absolute Gasteiger partial charge is 0.352 e. The van der Waals surface area contributed by atoms with Crippen molar-refractivity contribution in [3.05, 3.63) is 35.4 Å². The first-order chi connectivity index (χ1) is 12.0. The molecule has 0 saturated carbocycles. The molecular formula is C22H36N2O2. The van der Waals surface area contributed by atoms with E-state index in [0.717, 1.165) is 11.1 Å². The molecule has 0 spiro atoms. The number of hydrogen-bond acceptors (Lipinski definition) is 3. The standard InChI is InChI=1S/C22H36N2O2/c1-15(2)21(26)19(24-16(3)4)12-17-8-10-18(11-9-17)14-23-20(25)13-22(5,6)7/h8-11,15-16,19,24H,12-14H2,1-7H3,(H,23,25)/t19-/m0/s1. The Morgan fingerprint density at radius 3 is 1.96 bits per heavy atom. The number of carbonyl (C=O) groups is 2. The van der Waals surface area contributed by atoms with Crippen LogP contribution >= 0.6 is 0 Å². The van der Waals surface area contributed by atoms with Gasteiger partial charge >= 0.3 is 0 Å². The van der Waals surface area contributed by atoms with Gasteiger partial charge in [0.2, 0.25) is 5.91 Å². The van der Waals surface area contributed by atoms with E-state index in [1.807, 2.05) is 38.1 Å². The highest BCUT2D eigenvalue weighted by molar-refractivity contribution is 5.86. The summed E-state index contributed by atoms with van der Waals surface area (Å²) in [6.45, 7) is 14.7. The van der Waals surface area contributed by atoms with Crippen LogP contribution in [-0.2, 0) is 22.6 Å². The summed E-state index contributed by atoms with van der Waals surface area (Å²) in [4.78, 5) is 24.4. The third kappa shape index (κ3) is 8.61. The SMILES string of the molecule is CC(C)N[C@@H](Cc1ccc(CNC(=O)CC(C)(C)C)cc1)C(=O)C(C)C. The van der Waals surface area contributed by atoms with Gasteiger partial charge in [-0.3, -0.25) is 9.59 Å². The molecule has 0 aliphatic rings. The van der Waals surface area contributed by atoms with Crippen molar-refractivity contribution in [2.75, 3.05) is 0 Å². The Hall–Kier alpha value is -1.68. The smallest absolute Gasteiger partial charge is 0.220 e. The van der Waals surface area contributed by atoms with Crippen LogP contribution in [0, 0.1) is 11.3 Å². The first-order valence-electron chi connectivity index (χ1n) is 9.62. The summed E-state index contributed by atoms with van der Waals surface area (Å²) in [5, 5.41) is 6.35. The van der Waals surface area contributed by atoms with Crippen molar-refractivity contribution in [1.29, 1.82) is 0 Å². The third-order valence-corrected chi connectivity index (χ3v) is 4.09. The van der Waals surface area contributed by atoms with Crippen LogP contribution in [0.1, 0.15) is 66.0 Å².